The molecule has 21 heavy (non-hydrogen) atoms. The van der Waals surface area contributed by atoms with Crippen molar-refractivity contribution in [1.29, 1.82) is 0 Å². The largest absolute Gasteiger partial charge is 0.375 e. The fourth-order valence-electron chi connectivity index (χ4n) is 2.56. The van der Waals surface area contributed by atoms with Gasteiger partial charge in [0.15, 0.2) is 0 Å². The average molecular weight is 284 g/mol. The summed E-state index contributed by atoms with van der Waals surface area (Å²) in [4.78, 5) is 29.3. The number of fused-ring (bicyclic) bond motifs is 1. The Hall–Kier alpha value is -2.63. The van der Waals surface area contributed by atoms with Crippen LogP contribution in [0.25, 0.3) is 0 Å². The Labute approximate surface area is 122 Å². The lowest BCUT2D eigenvalue weighted by atomic mass is 10.1. The molecule has 108 valence electrons. The SMILES string of the molecule is CC(Nc1ccc2c(c1)C(=O)N(C)C2=O)c1nccn1C. The summed E-state index contributed by atoms with van der Waals surface area (Å²) in [5.41, 5.74) is 1.69. The lowest BCUT2D eigenvalue weighted by Crippen LogP contribution is -2.24. The minimum absolute atomic E-state index is 0.00649. The molecule has 0 saturated heterocycles. The van der Waals surface area contributed by atoms with Crippen LogP contribution in [0, 0.1) is 0 Å². The van der Waals surface area contributed by atoms with Gasteiger partial charge in [-0.15, -0.1) is 0 Å². The maximum absolute atomic E-state index is 12.0. The van der Waals surface area contributed by atoms with E-state index in [0.29, 0.717) is 11.1 Å². The van der Waals surface area contributed by atoms with E-state index in [1.807, 2.05) is 30.8 Å². The van der Waals surface area contributed by atoms with Crippen LogP contribution in [0.4, 0.5) is 5.69 Å². The summed E-state index contributed by atoms with van der Waals surface area (Å²) < 4.78 is 1.94. The van der Waals surface area contributed by atoms with Crippen LogP contribution in [0.5, 0.6) is 0 Å². The minimum Gasteiger partial charge on any atom is -0.375 e. The van der Waals surface area contributed by atoms with Crippen LogP contribution in [0.2, 0.25) is 0 Å². The number of imidazole rings is 1. The van der Waals surface area contributed by atoms with Gasteiger partial charge < -0.3 is 9.88 Å². The molecule has 0 aliphatic carbocycles. The Morgan fingerprint density at radius 2 is 1.86 bits per heavy atom. The van der Waals surface area contributed by atoms with Gasteiger partial charge in [-0.2, -0.15) is 0 Å². The molecule has 0 saturated carbocycles. The lowest BCUT2D eigenvalue weighted by molar-refractivity contribution is 0.0693. The maximum atomic E-state index is 12.0. The topological polar surface area (TPSA) is 67.2 Å². The van der Waals surface area contributed by atoms with Crippen LogP contribution < -0.4 is 5.32 Å². The van der Waals surface area contributed by atoms with E-state index in [1.165, 1.54) is 7.05 Å². The summed E-state index contributed by atoms with van der Waals surface area (Å²) in [6.45, 7) is 1.99. The first-order valence-electron chi connectivity index (χ1n) is 6.69. The lowest BCUT2D eigenvalue weighted by Gasteiger charge is -2.15. The van der Waals surface area contributed by atoms with Crippen molar-refractivity contribution in [3.05, 3.63) is 47.5 Å². The number of amides is 2. The summed E-state index contributed by atoms with van der Waals surface area (Å²) in [7, 11) is 3.43. The van der Waals surface area contributed by atoms with E-state index in [0.717, 1.165) is 16.4 Å². The van der Waals surface area contributed by atoms with Gasteiger partial charge in [0.25, 0.3) is 11.8 Å². The number of nitrogens with one attached hydrogen (secondary N) is 1. The number of aromatic nitrogens is 2. The maximum Gasteiger partial charge on any atom is 0.261 e. The van der Waals surface area contributed by atoms with E-state index in [-0.39, 0.29) is 17.9 Å². The number of aryl methyl sites for hydroxylation is 1. The number of carbonyl (C=O) groups is 2. The standard InChI is InChI=1S/C15H16N4O2/c1-9(13-16-6-7-18(13)2)17-10-4-5-11-12(8-10)15(21)19(3)14(11)20/h4-9,17H,1-3H3. The van der Waals surface area contributed by atoms with Crippen molar-refractivity contribution in [1.82, 2.24) is 14.5 Å². The zero-order chi connectivity index (χ0) is 15.1. The van der Waals surface area contributed by atoms with Crippen molar-refractivity contribution in [2.24, 2.45) is 7.05 Å². The van der Waals surface area contributed by atoms with Gasteiger partial charge in [-0.1, -0.05) is 0 Å². The highest BCUT2D eigenvalue weighted by Crippen LogP contribution is 2.26. The van der Waals surface area contributed by atoms with Gasteiger partial charge >= 0.3 is 0 Å². The smallest absolute Gasteiger partial charge is 0.261 e. The van der Waals surface area contributed by atoms with Crippen molar-refractivity contribution in [3.8, 4) is 0 Å². The van der Waals surface area contributed by atoms with Crippen molar-refractivity contribution in [3.63, 3.8) is 0 Å². The van der Waals surface area contributed by atoms with Crippen molar-refractivity contribution in [2.75, 3.05) is 12.4 Å². The highest BCUT2D eigenvalue weighted by Gasteiger charge is 2.32. The molecule has 1 aliphatic heterocycles. The highest BCUT2D eigenvalue weighted by atomic mass is 16.2. The molecular formula is C15H16N4O2. The van der Waals surface area contributed by atoms with Gasteiger partial charge in [-0.25, -0.2) is 4.98 Å². The fraction of sp³-hybridized carbons (Fsp3) is 0.267. The van der Waals surface area contributed by atoms with Crippen LogP contribution in [-0.2, 0) is 7.05 Å². The molecule has 1 unspecified atom stereocenters. The minimum atomic E-state index is -0.261. The Bertz CT molecular complexity index is 735. The third-order valence-electron chi connectivity index (χ3n) is 3.72. The monoisotopic (exact) mass is 284 g/mol. The fourth-order valence-corrected chi connectivity index (χ4v) is 2.56. The molecule has 1 atom stereocenters. The zero-order valence-corrected chi connectivity index (χ0v) is 12.1. The van der Waals surface area contributed by atoms with E-state index < -0.39 is 0 Å². The molecule has 0 fully saturated rings. The quantitative estimate of drug-likeness (QED) is 0.873. The molecule has 1 aromatic carbocycles. The summed E-state index contributed by atoms with van der Waals surface area (Å²) >= 11 is 0. The predicted octanol–water partition coefficient (Wildman–Crippen LogP) is 1.82. The number of hydrogen-bond donors (Lipinski definition) is 1. The second kappa shape index (κ2) is 4.73. The second-order valence-electron chi connectivity index (χ2n) is 5.19. The Morgan fingerprint density at radius 1 is 1.14 bits per heavy atom. The number of anilines is 1. The Kier molecular flexibility index (Phi) is 3.01. The molecule has 2 amide bonds. The first-order valence-corrected chi connectivity index (χ1v) is 6.69. The van der Waals surface area contributed by atoms with Gasteiger partial charge in [0, 0.05) is 32.2 Å². The van der Waals surface area contributed by atoms with E-state index in [9.17, 15) is 9.59 Å². The summed E-state index contributed by atoms with van der Waals surface area (Å²) in [5, 5.41) is 3.30. The molecule has 2 aromatic rings. The average Bonchev–Trinajstić information content (AvgIpc) is 2.98. The Balaban J connectivity index is 1.88. The van der Waals surface area contributed by atoms with Gasteiger partial charge in [-0.3, -0.25) is 14.5 Å². The van der Waals surface area contributed by atoms with Gasteiger partial charge in [0.1, 0.15) is 5.82 Å². The second-order valence-corrected chi connectivity index (χ2v) is 5.19. The zero-order valence-electron chi connectivity index (χ0n) is 12.1. The molecule has 6 heteroatoms. The molecule has 0 radical (unpaired) electrons. The third-order valence-corrected chi connectivity index (χ3v) is 3.72. The van der Waals surface area contributed by atoms with Gasteiger partial charge in [-0.05, 0) is 25.1 Å². The first-order chi connectivity index (χ1) is 9.99. The number of imide groups is 1. The van der Waals surface area contributed by atoms with Gasteiger partial charge in [0.05, 0.1) is 17.2 Å². The van der Waals surface area contributed by atoms with Gasteiger partial charge in [0.2, 0.25) is 0 Å². The van der Waals surface area contributed by atoms with E-state index in [2.05, 4.69) is 10.3 Å². The highest BCUT2D eigenvalue weighted by molar-refractivity contribution is 6.21. The van der Waals surface area contributed by atoms with Crippen molar-refractivity contribution in [2.45, 2.75) is 13.0 Å². The molecule has 1 aliphatic rings. The first kappa shape index (κ1) is 13.4. The molecule has 1 aromatic heterocycles. The number of rotatable bonds is 3. The number of benzene rings is 1. The summed E-state index contributed by atoms with van der Waals surface area (Å²) in [6.07, 6.45) is 3.63. The third kappa shape index (κ3) is 2.08. The van der Waals surface area contributed by atoms with Crippen LogP contribution >= 0.6 is 0 Å². The molecule has 0 spiro atoms. The van der Waals surface area contributed by atoms with E-state index >= 15 is 0 Å². The van der Waals surface area contributed by atoms with Crippen molar-refractivity contribution >= 4 is 17.5 Å². The normalized spacial score (nSPS) is 15.3. The molecular weight excluding hydrogens is 268 g/mol. The number of carbonyl (C=O) groups excluding carboxylic acids is 2. The Morgan fingerprint density at radius 3 is 2.52 bits per heavy atom. The summed E-state index contributed by atoms with van der Waals surface area (Å²) in [5.74, 6) is 0.386. The molecule has 1 N–H and O–H groups in total. The summed E-state index contributed by atoms with van der Waals surface area (Å²) in [6, 6.07) is 5.21. The molecule has 3 rings (SSSR count). The van der Waals surface area contributed by atoms with Crippen LogP contribution in [0.1, 0.15) is 39.5 Å². The number of nitrogens with zero attached hydrogens (tertiary/aromatic N) is 3. The van der Waals surface area contributed by atoms with E-state index in [4.69, 9.17) is 0 Å². The van der Waals surface area contributed by atoms with Crippen LogP contribution in [0.3, 0.4) is 0 Å². The predicted molar refractivity (Wildman–Crippen MR) is 78.1 cm³/mol. The molecule has 6 nitrogen and oxygen atoms in total. The van der Waals surface area contributed by atoms with Crippen LogP contribution in [-0.4, -0.2) is 33.3 Å². The van der Waals surface area contributed by atoms with Crippen molar-refractivity contribution < 1.29 is 9.59 Å². The molecule has 2 heterocycles. The number of hydrogen-bond acceptors (Lipinski definition) is 4. The van der Waals surface area contributed by atoms with Crippen LogP contribution in [0.15, 0.2) is 30.6 Å². The molecule has 0 bridgehead atoms. The van der Waals surface area contributed by atoms with E-state index in [1.54, 1.807) is 18.3 Å².